The molecule has 0 fully saturated rings. The van der Waals surface area contributed by atoms with Gasteiger partial charge in [-0.05, 0) is 42.3 Å². The van der Waals surface area contributed by atoms with Gasteiger partial charge in [0, 0.05) is 5.56 Å². The summed E-state index contributed by atoms with van der Waals surface area (Å²) >= 11 is 0. The van der Waals surface area contributed by atoms with Crippen molar-refractivity contribution in [1.82, 2.24) is 4.57 Å². The molecule has 1 aliphatic rings. The van der Waals surface area contributed by atoms with Crippen LogP contribution in [0.1, 0.15) is 15.9 Å². The molecule has 29 heavy (non-hydrogen) atoms. The van der Waals surface area contributed by atoms with Gasteiger partial charge in [0.25, 0.3) is 0 Å². The highest BCUT2D eigenvalue weighted by Crippen LogP contribution is 2.48. The third-order valence-corrected chi connectivity index (χ3v) is 5.32. The summed E-state index contributed by atoms with van der Waals surface area (Å²) in [5.74, 6) is 1.09. The van der Waals surface area contributed by atoms with Gasteiger partial charge in [-0.2, -0.15) is 0 Å². The number of carbonyl (C=O) groups excluding carboxylic acids is 1. The average Bonchev–Trinajstić information content (AvgIpc) is 2.99. The van der Waals surface area contributed by atoms with Gasteiger partial charge in [0.1, 0.15) is 5.75 Å². The van der Waals surface area contributed by atoms with Crippen LogP contribution in [0, 0.1) is 6.92 Å². The van der Waals surface area contributed by atoms with Gasteiger partial charge >= 0.3 is 5.97 Å². The maximum atomic E-state index is 12.9. The molecule has 0 amide bonds. The summed E-state index contributed by atoms with van der Waals surface area (Å²) in [6.45, 7) is 1.97. The molecule has 1 aromatic heterocycles. The van der Waals surface area contributed by atoms with Crippen LogP contribution < -0.4 is 4.74 Å². The number of nitrogens with zero attached hydrogens (tertiary/aromatic N) is 1. The molecule has 0 spiro atoms. The highest BCUT2D eigenvalue weighted by atomic mass is 16.5. The normalized spacial score (nSPS) is 11.5. The molecule has 4 nitrogen and oxygen atoms in total. The summed E-state index contributed by atoms with van der Waals surface area (Å²) in [5, 5.41) is 0. The fourth-order valence-corrected chi connectivity index (χ4v) is 4.07. The fourth-order valence-electron chi connectivity index (χ4n) is 4.07. The molecular formula is C25H19NO3. The van der Waals surface area contributed by atoms with Crippen molar-refractivity contribution in [2.45, 2.75) is 6.92 Å². The van der Waals surface area contributed by atoms with Crippen LogP contribution in [-0.2, 0) is 4.74 Å². The van der Waals surface area contributed by atoms with Gasteiger partial charge in [0.2, 0.25) is 0 Å². The van der Waals surface area contributed by atoms with Crippen LogP contribution in [0.15, 0.2) is 78.9 Å². The molecular weight excluding hydrogens is 362 g/mol. The zero-order valence-corrected chi connectivity index (χ0v) is 16.2. The standard InChI is InChI=1S/C25H19NO3/c1-16-22(25(27)28-2)24-18-12-6-8-14-20(18)29-21-15-9-7-13-19(21)26(24)23(16)17-10-4-3-5-11-17/h3-15H,1-2H3. The Bertz CT molecular complexity index is 1240. The third-order valence-electron chi connectivity index (χ3n) is 5.32. The van der Waals surface area contributed by atoms with E-state index in [2.05, 4.69) is 16.7 Å². The number of esters is 1. The number of hydrogen-bond acceptors (Lipinski definition) is 3. The van der Waals surface area contributed by atoms with Crippen LogP contribution in [0.4, 0.5) is 0 Å². The molecule has 0 bridgehead atoms. The Morgan fingerprint density at radius 1 is 0.828 bits per heavy atom. The highest BCUT2D eigenvalue weighted by molar-refractivity contribution is 6.03. The molecule has 0 atom stereocenters. The lowest BCUT2D eigenvalue weighted by molar-refractivity contribution is 0.0601. The number of benzene rings is 3. The number of hydrogen-bond donors (Lipinski definition) is 0. The van der Waals surface area contributed by atoms with Crippen molar-refractivity contribution in [1.29, 1.82) is 0 Å². The predicted molar refractivity (Wildman–Crippen MR) is 113 cm³/mol. The van der Waals surface area contributed by atoms with Crippen molar-refractivity contribution in [2.75, 3.05) is 7.11 Å². The Balaban J connectivity index is 2.00. The van der Waals surface area contributed by atoms with E-state index in [4.69, 9.17) is 9.47 Å². The molecule has 4 heteroatoms. The first-order valence-corrected chi connectivity index (χ1v) is 9.46. The fraction of sp³-hybridized carbons (Fsp3) is 0.0800. The second-order valence-electron chi connectivity index (χ2n) is 6.96. The lowest BCUT2D eigenvalue weighted by Crippen LogP contribution is -2.05. The number of methoxy groups -OCH3 is 1. The van der Waals surface area contributed by atoms with Crippen molar-refractivity contribution >= 4 is 5.97 Å². The molecule has 0 radical (unpaired) electrons. The molecule has 2 heterocycles. The molecule has 0 saturated carbocycles. The maximum absolute atomic E-state index is 12.9. The molecule has 0 saturated heterocycles. The zero-order chi connectivity index (χ0) is 20.0. The monoisotopic (exact) mass is 381 g/mol. The van der Waals surface area contributed by atoms with Crippen molar-refractivity contribution < 1.29 is 14.3 Å². The van der Waals surface area contributed by atoms with Gasteiger partial charge in [0.05, 0.1) is 29.7 Å². The van der Waals surface area contributed by atoms with Gasteiger partial charge in [-0.15, -0.1) is 0 Å². The van der Waals surface area contributed by atoms with Crippen molar-refractivity contribution in [3.63, 3.8) is 0 Å². The van der Waals surface area contributed by atoms with Crippen LogP contribution in [0.3, 0.4) is 0 Å². The molecule has 0 aliphatic carbocycles. The van der Waals surface area contributed by atoms with E-state index in [-0.39, 0.29) is 5.97 Å². The van der Waals surface area contributed by atoms with E-state index in [1.807, 2.05) is 73.7 Å². The van der Waals surface area contributed by atoms with Crippen LogP contribution in [0.25, 0.3) is 28.2 Å². The van der Waals surface area contributed by atoms with E-state index in [1.54, 1.807) is 0 Å². The number of para-hydroxylation sites is 3. The van der Waals surface area contributed by atoms with Crippen LogP contribution in [-0.4, -0.2) is 17.6 Å². The average molecular weight is 381 g/mol. The first-order valence-electron chi connectivity index (χ1n) is 9.46. The van der Waals surface area contributed by atoms with E-state index in [1.165, 1.54) is 7.11 Å². The van der Waals surface area contributed by atoms with Crippen molar-refractivity contribution in [2.24, 2.45) is 0 Å². The lowest BCUT2D eigenvalue weighted by Gasteiger charge is -2.14. The minimum atomic E-state index is -0.359. The largest absolute Gasteiger partial charge is 0.465 e. The molecule has 5 rings (SSSR count). The van der Waals surface area contributed by atoms with E-state index in [9.17, 15) is 4.79 Å². The summed E-state index contributed by atoms with van der Waals surface area (Å²) in [4.78, 5) is 12.9. The number of aromatic nitrogens is 1. The summed E-state index contributed by atoms with van der Waals surface area (Å²) < 4.78 is 13.6. The molecule has 0 N–H and O–H groups in total. The van der Waals surface area contributed by atoms with Crippen molar-refractivity contribution in [3.05, 3.63) is 90.0 Å². The number of ether oxygens (including phenoxy) is 2. The predicted octanol–water partition coefficient (Wildman–Crippen LogP) is 6.01. The smallest absolute Gasteiger partial charge is 0.340 e. The third kappa shape index (κ3) is 2.57. The SMILES string of the molecule is COC(=O)c1c(C)c(-c2ccccc2)n2c1-c1ccccc1Oc1ccccc1-2. The summed E-state index contributed by atoms with van der Waals surface area (Å²) in [7, 11) is 1.42. The Labute approximate surface area is 168 Å². The second kappa shape index (κ2) is 6.67. The van der Waals surface area contributed by atoms with E-state index >= 15 is 0 Å². The molecule has 1 aliphatic heterocycles. The molecule has 3 aromatic carbocycles. The molecule has 0 unspecified atom stereocenters. The topological polar surface area (TPSA) is 40.5 Å². The Kier molecular flexibility index (Phi) is 3.98. The maximum Gasteiger partial charge on any atom is 0.340 e. The highest BCUT2D eigenvalue weighted by Gasteiger charge is 2.32. The zero-order valence-electron chi connectivity index (χ0n) is 16.2. The summed E-state index contributed by atoms with van der Waals surface area (Å²) in [6.07, 6.45) is 0. The van der Waals surface area contributed by atoms with E-state index in [0.29, 0.717) is 11.3 Å². The summed E-state index contributed by atoms with van der Waals surface area (Å²) in [6, 6.07) is 25.8. The van der Waals surface area contributed by atoms with Crippen LogP contribution in [0.2, 0.25) is 0 Å². The van der Waals surface area contributed by atoms with Crippen LogP contribution in [0.5, 0.6) is 11.5 Å². The van der Waals surface area contributed by atoms with E-state index in [0.717, 1.165) is 39.5 Å². The number of rotatable bonds is 2. The minimum absolute atomic E-state index is 0.359. The summed E-state index contributed by atoms with van der Waals surface area (Å²) in [5.41, 5.74) is 5.94. The van der Waals surface area contributed by atoms with Crippen molar-refractivity contribution in [3.8, 4) is 39.7 Å². The second-order valence-corrected chi connectivity index (χ2v) is 6.96. The quantitative estimate of drug-likeness (QED) is 0.352. The molecule has 142 valence electrons. The Morgan fingerprint density at radius 3 is 2.24 bits per heavy atom. The van der Waals surface area contributed by atoms with Gasteiger partial charge in [-0.25, -0.2) is 4.79 Å². The van der Waals surface area contributed by atoms with Gasteiger partial charge in [-0.3, -0.25) is 0 Å². The minimum Gasteiger partial charge on any atom is -0.465 e. The first-order chi connectivity index (χ1) is 14.2. The van der Waals surface area contributed by atoms with Gasteiger partial charge < -0.3 is 14.0 Å². The van der Waals surface area contributed by atoms with Gasteiger partial charge in [-0.1, -0.05) is 54.6 Å². The molecule has 4 aromatic rings. The van der Waals surface area contributed by atoms with Crippen LogP contribution >= 0.6 is 0 Å². The Hall–Kier alpha value is -3.79. The lowest BCUT2D eigenvalue weighted by atomic mass is 10.0. The Morgan fingerprint density at radius 2 is 1.48 bits per heavy atom. The van der Waals surface area contributed by atoms with E-state index < -0.39 is 0 Å². The number of fused-ring (bicyclic) bond motifs is 5. The first kappa shape index (κ1) is 17.3. The number of carbonyl (C=O) groups is 1. The van der Waals surface area contributed by atoms with Gasteiger partial charge in [0.15, 0.2) is 5.75 Å².